The molecule has 1 fully saturated rings. The molecule has 1 aliphatic heterocycles. The van der Waals surface area contributed by atoms with Crippen LogP contribution in [-0.2, 0) is 16.0 Å². The Labute approximate surface area is 130 Å². The normalized spacial score (nSPS) is 19.6. The lowest BCUT2D eigenvalue weighted by Gasteiger charge is -2.24. The van der Waals surface area contributed by atoms with Crippen LogP contribution in [0, 0.1) is 5.92 Å². The first-order valence-corrected chi connectivity index (χ1v) is 7.03. The summed E-state index contributed by atoms with van der Waals surface area (Å²) in [6.45, 7) is -1.07. The Balaban J connectivity index is 2.13. The van der Waals surface area contributed by atoms with E-state index in [9.17, 15) is 22.8 Å². The van der Waals surface area contributed by atoms with Gasteiger partial charge >= 0.3 is 12.3 Å². The Morgan fingerprint density at radius 2 is 2.00 bits per heavy atom. The molecule has 2 rings (SSSR count). The van der Waals surface area contributed by atoms with Gasteiger partial charge in [-0.3, -0.25) is 4.79 Å². The number of cyclic esters (lactones) is 1. The summed E-state index contributed by atoms with van der Waals surface area (Å²) >= 11 is 0. The predicted octanol–water partition coefficient (Wildman–Crippen LogP) is 2.14. The topological polar surface area (TPSA) is 66.8 Å². The van der Waals surface area contributed by atoms with Crippen molar-refractivity contribution in [3.8, 4) is 0 Å². The number of carbonyl (C=O) groups excluding carboxylic acids is 2. The van der Waals surface area contributed by atoms with E-state index in [-0.39, 0.29) is 13.0 Å². The molecule has 1 aliphatic rings. The molecule has 0 saturated carbocycles. The van der Waals surface area contributed by atoms with Crippen LogP contribution in [0.25, 0.3) is 0 Å². The summed E-state index contributed by atoms with van der Waals surface area (Å²) in [5.74, 6) is -2.77. The monoisotopic (exact) mass is 331 g/mol. The van der Waals surface area contributed by atoms with Crippen molar-refractivity contribution >= 4 is 12.0 Å². The first kappa shape index (κ1) is 17.3. The van der Waals surface area contributed by atoms with Gasteiger partial charge in [-0.1, -0.05) is 30.3 Å². The maximum Gasteiger partial charge on any atom is 0.416 e. The number of hydrogen-bond donors (Lipinski definition) is 1. The minimum Gasteiger partial charge on any atom is -0.447 e. The number of imide groups is 1. The summed E-state index contributed by atoms with van der Waals surface area (Å²) in [5, 5.41) is 9.08. The van der Waals surface area contributed by atoms with Crippen molar-refractivity contribution in [3.63, 3.8) is 0 Å². The molecule has 0 spiro atoms. The highest BCUT2D eigenvalue weighted by molar-refractivity contribution is 5.94. The number of aliphatic hydroxyl groups excluding tert-OH is 1. The number of ether oxygens (including phenoxy) is 1. The molecule has 1 heterocycles. The van der Waals surface area contributed by atoms with Crippen molar-refractivity contribution in [1.29, 1.82) is 0 Å². The maximum absolute atomic E-state index is 12.5. The van der Waals surface area contributed by atoms with Gasteiger partial charge in [-0.05, 0) is 12.0 Å². The number of benzene rings is 1. The van der Waals surface area contributed by atoms with Crippen molar-refractivity contribution in [2.45, 2.75) is 25.1 Å². The lowest BCUT2D eigenvalue weighted by atomic mass is 10.0. The largest absolute Gasteiger partial charge is 0.447 e. The van der Waals surface area contributed by atoms with E-state index in [2.05, 4.69) is 0 Å². The molecule has 0 bridgehead atoms. The molecule has 1 N–H and O–H groups in total. The molecule has 1 aromatic rings. The van der Waals surface area contributed by atoms with Crippen molar-refractivity contribution in [1.82, 2.24) is 4.90 Å². The third-order valence-corrected chi connectivity index (χ3v) is 3.56. The van der Waals surface area contributed by atoms with Crippen LogP contribution in [0.5, 0.6) is 0 Å². The van der Waals surface area contributed by atoms with Gasteiger partial charge in [0.25, 0.3) is 0 Å². The second kappa shape index (κ2) is 6.99. The molecule has 2 amide bonds. The zero-order valence-electron chi connectivity index (χ0n) is 12.1. The molecule has 2 atom stereocenters. The summed E-state index contributed by atoms with van der Waals surface area (Å²) in [6.07, 6.45) is -6.79. The van der Waals surface area contributed by atoms with E-state index in [1.807, 2.05) is 0 Å². The Morgan fingerprint density at radius 1 is 1.35 bits per heavy atom. The summed E-state index contributed by atoms with van der Waals surface area (Å²) in [7, 11) is 0. The van der Waals surface area contributed by atoms with E-state index in [4.69, 9.17) is 9.84 Å². The molecule has 8 heteroatoms. The van der Waals surface area contributed by atoms with Crippen molar-refractivity contribution in [3.05, 3.63) is 35.9 Å². The molecule has 1 saturated heterocycles. The van der Waals surface area contributed by atoms with E-state index >= 15 is 0 Å². The molecule has 1 aromatic carbocycles. The molecule has 23 heavy (non-hydrogen) atoms. The zero-order chi connectivity index (χ0) is 17.0. The number of hydrogen-bond acceptors (Lipinski definition) is 4. The lowest BCUT2D eigenvalue weighted by Crippen LogP contribution is -2.45. The van der Waals surface area contributed by atoms with Gasteiger partial charge in [0.2, 0.25) is 5.91 Å². The fourth-order valence-electron chi connectivity index (χ4n) is 2.47. The lowest BCUT2D eigenvalue weighted by molar-refractivity contribution is -0.161. The average Bonchev–Trinajstić information content (AvgIpc) is 2.85. The van der Waals surface area contributed by atoms with Gasteiger partial charge in [0.05, 0.1) is 25.0 Å². The van der Waals surface area contributed by atoms with Gasteiger partial charge in [-0.25, -0.2) is 9.69 Å². The quantitative estimate of drug-likeness (QED) is 0.898. The zero-order valence-corrected chi connectivity index (χ0v) is 12.1. The van der Waals surface area contributed by atoms with Gasteiger partial charge in [-0.15, -0.1) is 0 Å². The van der Waals surface area contributed by atoms with Gasteiger partial charge in [0.15, 0.2) is 0 Å². The summed E-state index contributed by atoms with van der Waals surface area (Å²) in [5.41, 5.74) is 0.824. The van der Waals surface area contributed by atoms with E-state index in [1.165, 1.54) is 0 Å². The standard InChI is InChI=1S/C15H16F3NO4/c16-15(17,18)7-11(8-20)13(21)19-12(9-23-14(19)22)6-10-4-2-1-3-5-10/h1-5,11-12,20H,6-9H2/t11?,12-/m1/s1. The number of rotatable bonds is 5. The van der Waals surface area contributed by atoms with Gasteiger partial charge in [-0.2, -0.15) is 13.2 Å². The number of amides is 2. The maximum atomic E-state index is 12.5. The third-order valence-electron chi connectivity index (χ3n) is 3.56. The fourth-order valence-corrected chi connectivity index (χ4v) is 2.47. The summed E-state index contributed by atoms with van der Waals surface area (Å²) in [6, 6.07) is 8.24. The average molecular weight is 331 g/mol. The van der Waals surface area contributed by atoms with Crippen LogP contribution in [0.3, 0.4) is 0 Å². The van der Waals surface area contributed by atoms with Crippen LogP contribution in [-0.4, -0.2) is 47.4 Å². The number of nitrogens with zero attached hydrogens (tertiary/aromatic N) is 1. The number of aliphatic hydroxyl groups is 1. The second-order valence-electron chi connectivity index (χ2n) is 5.33. The van der Waals surface area contributed by atoms with Crippen LogP contribution >= 0.6 is 0 Å². The molecule has 5 nitrogen and oxygen atoms in total. The van der Waals surface area contributed by atoms with Crippen LogP contribution in [0.2, 0.25) is 0 Å². The molecular weight excluding hydrogens is 315 g/mol. The van der Waals surface area contributed by atoms with Crippen molar-refractivity contribution in [2.24, 2.45) is 5.92 Å². The van der Waals surface area contributed by atoms with E-state index < -0.39 is 43.2 Å². The first-order chi connectivity index (χ1) is 10.8. The van der Waals surface area contributed by atoms with E-state index in [0.717, 1.165) is 5.56 Å². The van der Waals surface area contributed by atoms with E-state index in [0.29, 0.717) is 4.90 Å². The number of alkyl halides is 3. The van der Waals surface area contributed by atoms with E-state index in [1.54, 1.807) is 30.3 Å². The van der Waals surface area contributed by atoms with Gasteiger partial charge < -0.3 is 9.84 Å². The summed E-state index contributed by atoms with van der Waals surface area (Å²) in [4.78, 5) is 24.6. The number of carbonyl (C=O) groups is 2. The molecule has 0 aliphatic carbocycles. The Hall–Kier alpha value is -2.09. The number of halogens is 3. The first-order valence-electron chi connectivity index (χ1n) is 7.03. The molecule has 0 aromatic heterocycles. The fraction of sp³-hybridized carbons (Fsp3) is 0.467. The van der Waals surface area contributed by atoms with Crippen molar-refractivity contribution in [2.75, 3.05) is 13.2 Å². The Kier molecular flexibility index (Phi) is 5.25. The second-order valence-corrected chi connectivity index (χ2v) is 5.33. The third kappa shape index (κ3) is 4.44. The SMILES string of the molecule is O=C1OC[C@@H](Cc2ccccc2)N1C(=O)C(CO)CC(F)(F)F. The highest BCUT2D eigenvalue weighted by atomic mass is 19.4. The predicted molar refractivity (Wildman–Crippen MR) is 73.4 cm³/mol. The van der Waals surface area contributed by atoms with Crippen molar-refractivity contribution < 1.29 is 32.6 Å². The van der Waals surface area contributed by atoms with Crippen LogP contribution in [0.1, 0.15) is 12.0 Å². The molecule has 1 unspecified atom stereocenters. The van der Waals surface area contributed by atoms with Crippen LogP contribution in [0.15, 0.2) is 30.3 Å². The van der Waals surface area contributed by atoms with Crippen LogP contribution in [0.4, 0.5) is 18.0 Å². The minimum absolute atomic E-state index is 0.0797. The highest BCUT2D eigenvalue weighted by Crippen LogP contribution is 2.28. The highest BCUT2D eigenvalue weighted by Gasteiger charge is 2.44. The Bertz CT molecular complexity index is 562. The smallest absolute Gasteiger partial charge is 0.416 e. The van der Waals surface area contributed by atoms with Crippen LogP contribution < -0.4 is 0 Å². The minimum atomic E-state index is -4.61. The molecule has 126 valence electrons. The summed E-state index contributed by atoms with van der Waals surface area (Å²) < 4.78 is 42.2. The van der Waals surface area contributed by atoms with Gasteiger partial charge in [0.1, 0.15) is 6.61 Å². The molecular formula is C15H16F3NO4. The molecule has 0 radical (unpaired) electrons. The van der Waals surface area contributed by atoms with Gasteiger partial charge in [0, 0.05) is 0 Å². The Morgan fingerprint density at radius 3 is 2.57 bits per heavy atom.